The molecule has 2 rings (SSSR count). The van der Waals surface area contributed by atoms with Gasteiger partial charge in [-0.3, -0.25) is 0 Å². The number of nitrogens with one attached hydrogen (secondary N) is 1. The molecule has 96 valence electrons. The summed E-state index contributed by atoms with van der Waals surface area (Å²) in [6.45, 7) is 2.20. The molecule has 0 aromatic carbocycles. The van der Waals surface area contributed by atoms with E-state index in [1.807, 2.05) is 6.92 Å². The van der Waals surface area contributed by atoms with Gasteiger partial charge in [-0.25, -0.2) is 13.1 Å². The van der Waals surface area contributed by atoms with Gasteiger partial charge in [-0.1, -0.05) is 6.92 Å². The van der Waals surface area contributed by atoms with E-state index in [9.17, 15) is 8.42 Å². The van der Waals surface area contributed by atoms with Crippen LogP contribution in [-0.2, 0) is 16.6 Å². The predicted molar refractivity (Wildman–Crippen MR) is 63.8 cm³/mol. The van der Waals surface area contributed by atoms with Gasteiger partial charge in [0, 0.05) is 5.54 Å². The summed E-state index contributed by atoms with van der Waals surface area (Å²) in [7, 11) is -3.55. The molecule has 0 amide bonds. The zero-order valence-electron chi connectivity index (χ0n) is 9.90. The molecule has 1 saturated carbocycles. The molecular formula is C11H18N2O3S. The smallest absolute Gasteiger partial charge is 0.274 e. The fourth-order valence-corrected chi connectivity index (χ4v) is 3.56. The van der Waals surface area contributed by atoms with E-state index in [0.29, 0.717) is 5.76 Å². The Bertz CT molecular complexity index is 483. The summed E-state index contributed by atoms with van der Waals surface area (Å²) in [5.41, 5.74) is 5.12. The van der Waals surface area contributed by atoms with E-state index >= 15 is 0 Å². The molecule has 5 nitrogen and oxygen atoms in total. The number of rotatable bonds is 5. The van der Waals surface area contributed by atoms with Crippen LogP contribution in [0.5, 0.6) is 0 Å². The Labute approximate surface area is 101 Å². The van der Waals surface area contributed by atoms with Gasteiger partial charge in [0.2, 0.25) is 5.09 Å². The molecule has 0 radical (unpaired) electrons. The van der Waals surface area contributed by atoms with Gasteiger partial charge in [0.15, 0.2) is 0 Å². The molecule has 0 aliphatic heterocycles. The predicted octanol–water partition coefficient (Wildman–Crippen LogP) is 1.35. The van der Waals surface area contributed by atoms with Crippen molar-refractivity contribution in [1.82, 2.24) is 4.72 Å². The fourth-order valence-electron chi connectivity index (χ4n) is 2.08. The lowest BCUT2D eigenvalue weighted by molar-refractivity contribution is 0.212. The second-order valence-corrected chi connectivity index (χ2v) is 6.13. The van der Waals surface area contributed by atoms with Gasteiger partial charge in [-0.05, 0) is 37.8 Å². The number of furan rings is 1. The first kappa shape index (κ1) is 12.6. The molecule has 1 aliphatic rings. The summed E-state index contributed by atoms with van der Waals surface area (Å²) < 4.78 is 32.1. The van der Waals surface area contributed by atoms with Crippen molar-refractivity contribution in [3.8, 4) is 0 Å². The van der Waals surface area contributed by atoms with Crippen molar-refractivity contribution in [3.05, 3.63) is 17.9 Å². The normalized spacial score (nSPS) is 18.9. The summed E-state index contributed by atoms with van der Waals surface area (Å²) in [4.78, 5) is 0. The van der Waals surface area contributed by atoms with Gasteiger partial charge in [-0.15, -0.1) is 0 Å². The van der Waals surface area contributed by atoms with Gasteiger partial charge in [0.1, 0.15) is 5.76 Å². The van der Waals surface area contributed by atoms with Gasteiger partial charge < -0.3 is 10.2 Å². The largest absolute Gasteiger partial charge is 0.447 e. The van der Waals surface area contributed by atoms with Crippen molar-refractivity contribution in [1.29, 1.82) is 0 Å². The van der Waals surface area contributed by atoms with E-state index in [2.05, 4.69) is 4.72 Å². The third-order valence-electron chi connectivity index (χ3n) is 3.44. The molecular weight excluding hydrogens is 240 g/mol. The molecule has 6 heteroatoms. The Morgan fingerprint density at radius 1 is 1.47 bits per heavy atom. The molecule has 1 heterocycles. The van der Waals surface area contributed by atoms with E-state index in [4.69, 9.17) is 10.2 Å². The zero-order chi connectivity index (χ0) is 12.5. The minimum Gasteiger partial charge on any atom is -0.447 e. The third kappa shape index (κ3) is 2.38. The average molecular weight is 258 g/mol. The molecule has 1 aliphatic carbocycles. The Morgan fingerprint density at radius 3 is 2.59 bits per heavy atom. The lowest BCUT2D eigenvalue weighted by Gasteiger charge is -2.41. The standard InChI is InChI=1S/C11H18N2O3S/c1-2-11(6-3-7-11)13-17(14,15)10-5-4-9(8-12)16-10/h4-5,13H,2-3,6-8,12H2,1H3. The number of nitrogens with two attached hydrogens (primary N) is 1. The quantitative estimate of drug-likeness (QED) is 0.834. The maximum Gasteiger partial charge on any atom is 0.274 e. The van der Waals surface area contributed by atoms with Crippen LogP contribution in [0.2, 0.25) is 0 Å². The first-order valence-corrected chi connectivity index (χ1v) is 7.32. The first-order chi connectivity index (χ1) is 8.01. The summed E-state index contributed by atoms with van der Waals surface area (Å²) in [5, 5.41) is -0.0438. The van der Waals surface area contributed by atoms with Crippen LogP contribution < -0.4 is 10.5 Å². The topological polar surface area (TPSA) is 85.3 Å². The van der Waals surface area contributed by atoms with E-state index in [-0.39, 0.29) is 17.2 Å². The zero-order valence-corrected chi connectivity index (χ0v) is 10.7. The molecule has 1 aromatic rings. The SMILES string of the molecule is CCC1(NS(=O)(=O)c2ccc(CN)o2)CCC1. The number of hydrogen-bond donors (Lipinski definition) is 2. The lowest BCUT2D eigenvalue weighted by atomic mass is 9.76. The van der Waals surface area contributed by atoms with Gasteiger partial charge in [0.25, 0.3) is 10.0 Å². The van der Waals surface area contributed by atoms with Crippen molar-refractivity contribution >= 4 is 10.0 Å². The molecule has 0 atom stereocenters. The van der Waals surface area contributed by atoms with Crippen LogP contribution in [0.25, 0.3) is 0 Å². The Morgan fingerprint density at radius 2 is 2.18 bits per heavy atom. The van der Waals surface area contributed by atoms with Crippen LogP contribution in [0, 0.1) is 0 Å². The third-order valence-corrected chi connectivity index (χ3v) is 4.89. The average Bonchev–Trinajstić information content (AvgIpc) is 2.72. The van der Waals surface area contributed by atoms with E-state index in [1.165, 1.54) is 6.07 Å². The van der Waals surface area contributed by atoms with Crippen molar-refractivity contribution in [3.63, 3.8) is 0 Å². The highest BCUT2D eigenvalue weighted by atomic mass is 32.2. The van der Waals surface area contributed by atoms with Gasteiger partial charge in [0.05, 0.1) is 6.54 Å². The Balaban J connectivity index is 2.18. The molecule has 3 N–H and O–H groups in total. The molecule has 0 saturated heterocycles. The van der Waals surface area contributed by atoms with Gasteiger partial charge >= 0.3 is 0 Å². The number of sulfonamides is 1. The number of hydrogen-bond acceptors (Lipinski definition) is 4. The van der Waals surface area contributed by atoms with E-state index in [0.717, 1.165) is 25.7 Å². The second kappa shape index (κ2) is 4.44. The van der Waals surface area contributed by atoms with Crippen LogP contribution in [0.15, 0.2) is 21.6 Å². The monoisotopic (exact) mass is 258 g/mol. The summed E-state index contributed by atoms with van der Waals surface area (Å²) >= 11 is 0. The molecule has 1 fully saturated rings. The second-order valence-electron chi connectivity index (χ2n) is 4.52. The van der Waals surface area contributed by atoms with Crippen LogP contribution in [-0.4, -0.2) is 14.0 Å². The van der Waals surface area contributed by atoms with Crippen molar-refractivity contribution in [2.45, 2.75) is 49.8 Å². The van der Waals surface area contributed by atoms with Crippen molar-refractivity contribution in [2.75, 3.05) is 0 Å². The highest BCUT2D eigenvalue weighted by molar-refractivity contribution is 7.89. The summed E-state index contributed by atoms with van der Waals surface area (Å²) in [6.07, 6.45) is 3.67. The molecule has 0 unspecified atom stereocenters. The highest BCUT2D eigenvalue weighted by Gasteiger charge is 2.39. The van der Waals surface area contributed by atoms with E-state index < -0.39 is 10.0 Å². The molecule has 0 bridgehead atoms. The van der Waals surface area contributed by atoms with Gasteiger partial charge in [-0.2, -0.15) is 0 Å². The Kier molecular flexibility index (Phi) is 3.29. The van der Waals surface area contributed by atoms with Crippen molar-refractivity contribution < 1.29 is 12.8 Å². The molecule has 17 heavy (non-hydrogen) atoms. The van der Waals surface area contributed by atoms with Crippen LogP contribution in [0.4, 0.5) is 0 Å². The van der Waals surface area contributed by atoms with Crippen LogP contribution in [0.3, 0.4) is 0 Å². The minimum atomic E-state index is -3.55. The maximum atomic E-state index is 12.1. The van der Waals surface area contributed by atoms with Crippen LogP contribution >= 0.6 is 0 Å². The maximum absolute atomic E-state index is 12.1. The van der Waals surface area contributed by atoms with Crippen LogP contribution in [0.1, 0.15) is 38.4 Å². The first-order valence-electron chi connectivity index (χ1n) is 5.84. The van der Waals surface area contributed by atoms with Crippen molar-refractivity contribution in [2.24, 2.45) is 5.73 Å². The highest BCUT2D eigenvalue weighted by Crippen LogP contribution is 2.36. The van der Waals surface area contributed by atoms with E-state index in [1.54, 1.807) is 6.07 Å². The minimum absolute atomic E-state index is 0.0438. The molecule has 1 aromatic heterocycles. The fraction of sp³-hybridized carbons (Fsp3) is 0.636. The Hall–Kier alpha value is -0.850. The lowest BCUT2D eigenvalue weighted by Crippen LogP contribution is -2.52. The summed E-state index contributed by atoms with van der Waals surface area (Å²) in [5.74, 6) is 0.476. The molecule has 0 spiro atoms. The summed E-state index contributed by atoms with van der Waals surface area (Å²) in [6, 6.07) is 3.04.